The number of halogens is 1. The molecule has 0 aliphatic carbocycles. The summed E-state index contributed by atoms with van der Waals surface area (Å²) in [6.45, 7) is 1.76. The molecular weight excluding hydrogens is 228 g/mol. The van der Waals surface area contributed by atoms with Crippen molar-refractivity contribution in [1.29, 1.82) is 0 Å². The Kier molecular flexibility index (Phi) is 2.71. The zero-order valence-corrected chi connectivity index (χ0v) is 9.28. The number of aromatic carboxylic acids is 1. The molecule has 0 atom stereocenters. The quantitative estimate of drug-likeness (QED) is 0.867. The lowest BCUT2D eigenvalue weighted by atomic mass is 10.0. The third-order valence-electron chi connectivity index (χ3n) is 2.32. The van der Waals surface area contributed by atoms with Crippen LogP contribution < -0.4 is 0 Å². The van der Waals surface area contributed by atoms with E-state index in [0.29, 0.717) is 16.3 Å². The van der Waals surface area contributed by atoms with E-state index < -0.39 is 5.97 Å². The molecule has 0 saturated heterocycles. The summed E-state index contributed by atoms with van der Waals surface area (Å²) in [4.78, 5) is 11.1. The van der Waals surface area contributed by atoms with Crippen molar-refractivity contribution in [3.05, 3.63) is 46.7 Å². The smallest absolute Gasteiger partial charge is 0.336 e. The van der Waals surface area contributed by atoms with Crippen LogP contribution >= 0.6 is 11.6 Å². The highest BCUT2D eigenvalue weighted by Crippen LogP contribution is 2.29. The number of carboxylic acids is 1. The van der Waals surface area contributed by atoms with Gasteiger partial charge in [-0.2, -0.15) is 0 Å². The number of carbonyl (C=O) groups is 1. The lowest BCUT2D eigenvalue weighted by molar-refractivity contribution is 0.0697. The summed E-state index contributed by atoms with van der Waals surface area (Å²) in [7, 11) is 0. The van der Waals surface area contributed by atoms with E-state index >= 15 is 0 Å². The summed E-state index contributed by atoms with van der Waals surface area (Å²) in [5.74, 6) is -0.495. The molecule has 82 valence electrons. The molecule has 0 unspecified atom stereocenters. The van der Waals surface area contributed by atoms with E-state index in [1.165, 1.54) is 6.26 Å². The molecule has 2 rings (SSSR count). The van der Waals surface area contributed by atoms with Crippen molar-refractivity contribution in [3.63, 3.8) is 0 Å². The van der Waals surface area contributed by atoms with Crippen LogP contribution in [-0.4, -0.2) is 11.1 Å². The monoisotopic (exact) mass is 236 g/mol. The minimum atomic E-state index is -0.994. The lowest BCUT2D eigenvalue weighted by Crippen LogP contribution is -2.00. The molecule has 0 spiro atoms. The van der Waals surface area contributed by atoms with Gasteiger partial charge in [0.2, 0.25) is 0 Å². The third-order valence-corrected chi connectivity index (χ3v) is 2.72. The second-order valence-electron chi connectivity index (χ2n) is 3.43. The Labute approximate surface area is 97.3 Å². The second-order valence-corrected chi connectivity index (χ2v) is 3.84. The maximum atomic E-state index is 11.1. The van der Waals surface area contributed by atoms with Crippen LogP contribution in [0.4, 0.5) is 0 Å². The maximum absolute atomic E-state index is 11.1. The molecule has 16 heavy (non-hydrogen) atoms. The van der Waals surface area contributed by atoms with E-state index in [-0.39, 0.29) is 5.56 Å². The number of hydrogen-bond acceptors (Lipinski definition) is 2. The van der Waals surface area contributed by atoms with Crippen LogP contribution in [-0.2, 0) is 0 Å². The summed E-state index contributed by atoms with van der Waals surface area (Å²) in [6.07, 6.45) is 1.49. The van der Waals surface area contributed by atoms with Crippen LogP contribution in [0, 0.1) is 6.92 Å². The Bertz CT molecular complexity index is 529. The first kappa shape index (κ1) is 10.8. The molecule has 1 aromatic heterocycles. The molecule has 0 aliphatic rings. The zero-order chi connectivity index (χ0) is 11.7. The Morgan fingerprint density at radius 3 is 2.75 bits per heavy atom. The van der Waals surface area contributed by atoms with Crippen LogP contribution in [0.1, 0.15) is 15.9 Å². The van der Waals surface area contributed by atoms with Crippen molar-refractivity contribution in [3.8, 4) is 11.3 Å². The second kappa shape index (κ2) is 4.02. The Morgan fingerprint density at radius 2 is 2.19 bits per heavy atom. The van der Waals surface area contributed by atoms with Crippen LogP contribution in [0.5, 0.6) is 0 Å². The fourth-order valence-electron chi connectivity index (χ4n) is 1.49. The van der Waals surface area contributed by atoms with Crippen LogP contribution in [0.15, 0.2) is 34.9 Å². The molecule has 4 heteroatoms. The largest absolute Gasteiger partial charge is 0.478 e. The molecule has 0 amide bonds. The van der Waals surface area contributed by atoms with Gasteiger partial charge in [0.05, 0.1) is 11.8 Å². The Morgan fingerprint density at radius 1 is 1.44 bits per heavy atom. The summed E-state index contributed by atoms with van der Waals surface area (Å²) in [5.41, 5.74) is 1.42. The number of carboxylic acid groups (broad SMARTS) is 1. The van der Waals surface area contributed by atoms with Gasteiger partial charge in [-0.1, -0.05) is 11.6 Å². The van der Waals surface area contributed by atoms with E-state index in [2.05, 4.69) is 0 Å². The number of aryl methyl sites for hydroxylation is 1. The van der Waals surface area contributed by atoms with Crippen LogP contribution in [0.2, 0.25) is 5.02 Å². The third kappa shape index (κ3) is 1.82. The molecule has 0 fully saturated rings. The first-order valence-corrected chi connectivity index (χ1v) is 5.04. The molecule has 3 nitrogen and oxygen atoms in total. The zero-order valence-electron chi connectivity index (χ0n) is 8.53. The summed E-state index contributed by atoms with van der Waals surface area (Å²) in [6, 6.07) is 6.56. The first-order valence-electron chi connectivity index (χ1n) is 4.67. The molecular formula is C12H9ClO3. The minimum Gasteiger partial charge on any atom is -0.478 e. The topological polar surface area (TPSA) is 50.4 Å². The van der Waals surface area contributed by atoms with Gasteiger partial charge in [0.1, 0.15) is 5.76 Å². The first-order chi connectivity index (χ1) is 7.59. The molecule has 2 aromatic rings. The van der Waals surface area contributed by atoms with Gasteiger partial charge >= 0.3 is 5.97 Å². The highest BCUT2D eigenvalue weighted by atomic mass is 35.5. The SMILES string of the molecule is Cc1cc(C(=O)O)c(-c2ccco2)cc1Cl. The number of benzene rings is 1. The number of furan rings is 1. The van der Waals surface area contributed by atoms with Crippen molar-refractivity contribution >= 4 is 17.6 Å². The van der Waals surface area contributed by atoms with Crippen LogP contribution in [0.25, 0.3) is 11.3 Å². The van der Waals surface area contributed by atoms with Crippen molar-refractivity contribution in [2.24, 2.45) is 0 Å². The fraction of sp³-hybridized carbons (Fsp3) is 0.0833. The minimum absolute atomic E-state index is 0.192. The average Bonchev–Trinajstić information content (AvgIpc) is 2.74. The van der Waals surface area contributed by atoms with E-state index in [4.69, 9.17) is 21.1 Å². The molecule has 1 aromatic carbocycles. The van der Waals surface area contributed by atoms with Gasteiger partial charge in [0.15, 0.2) is 0 Å². The summed E-state index contributed by atoms with van der Waals surface area (Å²) >= 11 is 5.97. The lowest BCUT2D eigenvalue weighted by Gasteiger charge is -2.06. The maximum Gasteiger partial charge on any atom is 0.336 e. The fourth-order valence-corrected chi connectivity index (χ4v) is 1.66. The molecule has 0 bridgehead atoms. The summed E-state index contributed by atoms with van der Waals surface area (Å²) in [5, 5.41) is 9.62. The molecule has 0 saturated carbocycles. The van der Waals surface area contributed by atoms with Crippen molar-refractivity contribution in [2.45, 2.75) is 6.92 Å². The average molecular weight is 237 g/mol. The number of hydrogen-bond donors (Lipinski definition) is 1. The normalized spacial score (nSPS) is 10.4. The molecule has 0 radical (unpaired) electrons. The Hall–Kier alpha value is -1.74. The predicted molar refractivity (Wildman–Crippen MR) is 60.9 cm³/mol. The summed E-state index contributed by atoms with van der Waals surface area (Å²) < 4.78 is 5.18. The van der Waals surface area contributed by atoms with Gasteiger partial charge < -0.3 is 9.52 Å². The Balaban J connectivity index is 2.68. The van der Waals surface area contributed by atoms with Crippen molar-refractivity contribution in [1.82, 2.24) is 0 Å². The highest BCUT2D eigenvalue weighted by molar-refractivity contribution is 6.31. The van der Waals surface area contributed by atoms with Crippen molar-refractivity contribution in [2.75, 3.05) is 0 Å². The molecule has 0 aliphatic heterocycles. The molecule has 1 N–H and O–H groups in total. The number of rotatable bonds is 2. The van der Waals surface area contributed by atoms with Crippen molar-refractivity contribution < 1.29 is 14.3 Å². The van der Waals surface area contributed by atoms with Gasteiger partial charge in [-0.05, 0) is 36.8 Å². The van der Waals surface area contributed by atoms with Crippen LogP contribution in [0.3, 0.4) is 0 Å². The van der Waals surface area contributed by atoms with Gasteiger partial charge in [-0.15, -0.1) is 0 Å². The van der Waals surface area contributed by atoms with E-state index in [1.807, 2.05) is 0 Å². The van der Waals surface area contributed by atoms with Gasteiger partial charge in [-0.3, -0.25) is 0 Å². The molecule has 1 heterocycles. The van der Waals surface area contributed by atoms with E-state index in [0.717, 1.165) is 5.56 Å². The highest BCUT2D eigenvalue weighted by Gasteiger charge is 2.15. The standard InChI is InChI=1S/C12H9ClO3/c1-7-5-9(12(14)15)8(6-10(7)13)11-3-2-4-16-11/h2-6H,1H3,(H,14,15). The van der Waals surface area contributed by atoms with Gasteiger partial charge in [0, 0.05) is 10.6 Å². The van der Waals surface area contributed by atoms with Gasteiger partial charge in [0.25, 0.3) is 0 Å². The van der Waals surface area contributed by atoms with E-state index in [9.17, 15) is 4.79 Å². The predicted octanol–water partition coefficient (Wildman–Crippen LogP) is 3.61. The van der Waals surface area contributed by atoms with Gasteiger partial charge in [-0.25, -0.2) is 4.79 Å². The van der Waals surface area contributed by atoms with E-state index in [1.54, 1.807) is 31.2 Å².